The second kappa shape index (κ2) is 8.32. The lowest BCUT2D eigenvalue weighted by molar-refractivity contribution is -0.121. The van der Waals surface area contributed by atoms with Gasteiger partial charge in [-0.2, -0.15) is 0 Å². The van der Waals surface area contributed by atoms with Crippen LogP contribution < -0.4 is 9.64 Å². The number of halogens is 2. The van der Waals surface area contributed by atoms with Crippen LogP contribution in [-0.4, -0.2) is 44.9 Å². The topological polar surface area (TPSA) is 48.0 Å². The summed E-state index contributed by atoms with van der Waals surface area (Å²) in [6, 6.07) is 6.94. The third-order valence-corrected chi connectivity index (χ3v) is 3.07. The maximum atomic E-state index is 12.1. The molecule has 0 aromatic heterocycles. The van der Waals surface area contributed by atoms with Crippen LogP contribution in [-0.2, 0) is 14.3 Å². The molecule has 0 aliphatic heterocycles. The predicted molar refractivity (Wildman–Crippen MR) is 78.6 cm³/mol. The lowest BCUT2D eigenvalue weighted by atomic mass is 10.2. The van der Waals surface area contributed by atoms with Crippen molar-refractivity contribution >= 4 is 34.8 Å². The third-order valence-electron chi connectivity index (χ3n) is 2.69. The van der Waals surface area contributed by atoms with Crippen molar-refractivity contribution < 1.29 is 19.0 Å². The fraction of sp³-hybridized carbons (Fsp3) is 0.462. The molecule has 0 fully saturated rings. The minimum Gasteiger partial charge on any atom is -0.497 e. The molecule has 0 spiro atoms. The van der Waals surface area contributed by atoms with E-state index in [0.29, 0.717) is 11.4 Å². The molecule has 1 rings (SSSR count). The Morgan fingerprint density at radius 3 is 2.10 bits per heavy atom. The minimum atomic E-state index is -1.16. The number of amides is 1. The number of methoxy groups -OCH3 is 3. The quantitative estimate of drug-likeness (QED) is 0.571. The van der Waals surface area contributed by atoms with Gasteiger partial charge in [0.2, 0.25) is 0 Å². The van der Waals surface area contributed by atoms with Crippen molar-refractivity contribution in [2.24, 2.45) is 0 Å². The van der Waals surface area contributed by atoms with E-state index in [1.54, 1.807) is 31.4 Å². The van der Waals surface area contributed by atoms with Crippen molar-refractivity contribution in [3.05, 3.63) is 24.3 Å². The van der Waals surface area contributed by atoms with Crippen molar-refractivity contribution in [3.63, 3.8) is 0 Å². The maximum Gasteiger partial charge on any atom is 0.260 e. The number of rotatable bonds is 7. The molecule has 0 bridgehead atoms. The van der Waals surface area contributed by atoms with Crippen molar-refractivity contribution in [1.82, 2.24) is 0 Å². The number of alkyl halides is 2. The van der Waals surface area contributed by atoms with E-state index in [4.69, 9.17) is 37.4 Å². The van der Waals surface area contributed by atoms with Gasteiger partial charge < -0.3 is 19.1 Å². The van der Waals surface area contributed by atoms with Crippen LogP contribution in [0.15, 0.2) is 24.3 Å². The van der Waals surface area contributed by atoms with Crippen LogP contribution in [0.5, 0.6) is 5.75 Å². The Hall–Kier alpha value is -1.01. The second-order valence-electron chi connectivity index (χ2n) is 3.85. The summed E-state index contributed by atoms with van der Waals surface area (Å²) in [5.41, 5.74) is 0.626. The molecule has 1 aromatic rings. The lowest BCUT2D eigenvalue weighted by Crippen LogP contribution is -2.41. The SMILES string of the molecule is COc1ccc(N(CC(OC)OC)C(=O)C(Cl)Cl)cc1. The molecule has 0 radical (unpaired) electrons. The first-order chi connectivity index (χ1) is 9.53. The van der Waals surface area contributed by atoms with Crippen molar-refractivity contribution in [2.45, 2.75) is 11.1 Å². The van der Waals surface area contributed by atoms with Gasteiger partial charge in [-0.05, 0) is 24.3 Å². The summed E-state index contributed by atoms with van der Waals surface area (Å²) in [6.45, 7) is 0.175. The first-order valence-corrected chi connectivity index (χ1v) is 6.70. The Morgan fingerprint density at radius 1 is 1.15 bits per heavy atom. The van der Waals surface area contributed by atoms with Crippen LogP contribution in [0.3, 0.4) is 0 Å². The van der Waals surface area contributed by atoms with Gasteiger partial charge in [-0.25, -0.2) is 0 Å². The summed E-state index contributed by atoms with van der Waals surface area (Å²) >= 11 is 11.3. The van der Waals surface area contributed by atoms with Gasteiger partial charge in [0, 0.05) is 19.9 Å². The summed E-state index contributed by atoms with van der Waals surface area (Å²) in [7, 11) is 4.55. The highest BCUT2D eigenvalue weighted by atomic mass is 35.5. The molecule has 112 valence electrons. The van der Waals surface area contributed by atoms with E-state index in [2.05, 4.69) is 0 Å². The molecule has 0 saturated heterocycles. The number of hydrogen-bond acceptors (Lipinski definition) is 4. The highest BCUT2D eigenvalue weighted by Gasteiger charge is 2.25. The summed E-state index contributed by atoms with van der Waals surface area (Å²) in [5.74, 6) is 0.238. The van der Waals surface area contributed by atoms with E-state index >= 15 is 0 Å². The normalized spacial score (nSPS) is 10.9. The molecule has 0 heterocycles. The van der Waals surface area contributed by atoms with E-state index in [0.717, 1.165) is 0 Å². The number of carbonyl (C=O) groups is 1. The monoisotopic (exact) mass is 321 g/mol. The molecule has 7 heteroatoms. The smallest absolute Gasteiger partial charge is 0.260 e. The highest BCUT2D eigenvalue weighted by Crippen LogP contribution is 2.22. The Labute approximate surface area is 128 Å². The third kappa shape index (κ3) is 4.52. The van der Waals surface area contributed by atoms with Gasteiger partial charge in [0.25, 0.3) is 5.91 Å². The molecular formula is C13H17Cl2NO4. The molecule has 0 unspecified atom stereocenters. The molecule has 1 amide bonds. The number of carbonyl (C=O) groups excluding carboxylic acids is 1. The Bertz CT molecular complexity index is 421. The number of ether oxygens (including phenoxy) is 3. The summed E-state index contributed by atoms with van der Waals surface area (Å²) < 4.78 is 15.3. The number of benzene rings is 1. The fourth-order valence-corrected chi connectivity index (χ4v) is 1.83. The Balaban J connectivity index is 2.99. The molecule has 0 saturated carbocycles. The molecule has 20 heavy (non-hydrogen) atoms. The van der Waals surface area contributed by atoms with Crippen molar-refractivity contribution in [3.8, 4) is 5.75 Å². The van der Waals surface area contributed by atoms with Crippen LogP contribution >= 0.6 is 23.2 Å². The molecule has 1 aromatic carbocycles. The summed E-state index contributed by atoms with van der Waals surface area (Å²) in [5, 5.41) is 0. The number of anilines is 1. The largest absolute Gasteiger partial charge is 0.497 e. The fourth-order valence-electron chi connectivity index (χ4n) is 1.60. The standard InChI is InChI=1S/C13H17Cl2NO4/c1-18-10-6-4-9(5-7-10)16(13(17)12(14)15)8-11(19-2)20-3/h4-7,11-12H,8H2,1-3H3. The van der Waals surface area contributed by atoms with Crippen LogP contribution in [0, 0.1) is 0 Å². The van der Waals surface area contributed by atoms with Crippen LogP contribution in [0.2, 0.25) is 0 Å². The second-order valence-corrected chi connectivity index (χ2v) is 4.94. The first-order valence-electron chi connectivity index (χ1n) is 5.82. The van der Waals surface area contributed by atoms with E-state index in [-0.39, 0.29) is 6.54 Å². The Morgan fingerprint density at radius 2 is 1.70 bits per heavy atom. The number of nitrogens with zero attached hydrogens (tertiary/aromatic N) is 1. The van der Waals surface area contributed by atoms with E-state index in [1.807, 2.05) is 0 Å². The molecule has 0 aliphatic carbocycles. The Kier molecular flexibility index (Phi) is 7.09. The van der Waals surface area contributed by atoms with Gasteiger partial charge in [0.1, 0.15) is 5.75 Å². The van der Waals surface area contributed by atoms with Crippen LogP contribution in [0.1, 0.15) is 0 Å². The molecule has 0 aliphatic rings. The van der Waals surface area contributed by atoms with E-state index < -0.39 is 17.0 Å². The van der Waals surface area contributed by atoms with E-state index in [1.165, 1.54) is 19.1 Å². The summed E-state index contributed by atoms with van der Waals surface area (Å²) in [6.07, 6.45) is -0.576. The maximum absolute atomic E-state index is 12.1. The van der Waals surface area contributed by atoms with Crippen LogP contribution in [0.25, 0.3) is 0 Å². The first kappa shape index (κ1) is 17.0. The zero-order valence-electron chi connectivity index (χ0n) is 11.5. The molecule has 5 nitrogen and oxygen atoms in total. The zero-order chi connectivity index (χ0) is 15.1. The van der Waals surface area contributed by atoms with Gasteiger partial charge in [-0.3, -0.25) is 4.79 Å². The molecular weight excluding hydrogens is 305 g/mol. The molecule has 0 N–H and O–H groups in total. The van der Waals surface area contributed by atoms with Crippen LogP contribution in [0.4, 0.5) is 5.69 Å². The number of hydrogen-bond donors (Lipinski definition) is 0. The van der Waals surface area contributed by atoms with Gasteiger partial charge >= 0.3 is 0 Å². The van der Waals surface area contributed by atoms with Gasteiger partial charge in [0.05, 0.1) is 13.7 Å². The average molecular weight is 322 g/mol. The van der Waals surface area contributed by atoms with Crippen molar-refractivity contribution in [2.75, 3.05) is 32.8 Å². The summed E-state index contributed by atoms with van der Waals surface area (Å²) in [4.78, 5) is 12.3. The van der Waals surface area contributed by atoms with Gasteiger partial charge in [-0.15, -0.1) is 0 Å². The zero-order valence-corrected chi connectivity index (χ0v) is 13.0. The predicted octanol–water partition coefficient (Wildman–Crippen LogP) is 2.45. The van der Waals surface area contributed by atoms with E-state index in [9.17, 15) is 4.79 Å². The lowest BCUT2D eigenvalue weighted by Gasteiger charge is -2.26. The van der Waals surface area contributed by atoms with Crippen molar-refractivity contribution in [1.29, 1.82) is 0 Å². The van der Waals surface area contributed by atoms with Gasteiger partial charge in [-0.1, -0.05) is 23.2 Å². The molecule has 0 atom stereocenters. The van der Waals surface area contributed by atoms with Gasteiger partial charge in [0.15, 0.2) is 11.1 Å². The minimum absolute atomic E-state index is 0.175. The average Bonchev–Trinajstić information content (AvgIpc) is 2.48. The highest BCUT2D eigenvalue weighted by molar-refractivity contribution is 6.54.